The molecule has 3 nitrogen and oxygen atoms in total. The molecule has 0 saturated carbocycles. The van der Waals surface area contributed by atoms with Crippen LogP contribution in [0, 0.1) is 13.8 Å². The molecule has 1 amide bonds. The van der Waals surface area contributed by atoms with Crippen molar-refractivity contribution in [1.29, 1.82) is 0 Å². The molecule has 1 unspecified atom stereocenters. The Morgan fingerprint density at radius 1 is 1.29 bits per heavy atom. The van der Waals surface area contributed by atoms with Crippen molar-refractivity contribution in [3.05, 3.63) is 36.3 Å². The first-order chi connectivity index (χ1) is 8.15. The maximum Gasteiger partial charge on any atom is 0.249 e. The van der Waals surface area contributed by atoms with Crippen molar-refractivity contribution in [2.45, 2.75) is 39.2 Å². The minimum atomic E-state index is -0.0505. The highest BCUT2D eigenvalue weighted by atomic mass is 16.2. The third-order valence-electron chi connectivity index (χ3n) is 3.55. The Morgan fingerprint density at radius 3 is 2.53 bits per heavy atom. The van der Waals surface area contributed by atoms with Gasteiger partial charge in [-0.1, -0.05) is 6.58 Å². The van der Waals surface area contributed by atoms with Crippen LogP contribution in [0.5, 0.6) is 0 Å². The lowest BCUT2D eigenvalue weighted by Gasteiger charge is -2.24. The number of aromatic nitrogens is 1. The number of rotatable bonds is 2. The summed E-state index contributed by atoms with van der Waals surface area (Å²) >= 11 is 0. The molecule has 0 bridgehead atoms. The van der Waals surface area contributed by atoms with Crippen molar-refractivity contribution in [3.8, 4) is 0 Å². The van der Waals surface area contributed by atoms with Crippen molar-refractivity contribution in [2.24, 2.45) is 0 Å². The van der Waals surface area contributed by atoms with Crippen molar-refractivity contribution < 1.29 is 4.79 Å². The molecule has 0 N–H and O–H groups in total. The van der Waals surface area contributed by atoms with Crippen LogP contribution in [-0.2, 0) is 4.79 Å². The predicted octanol–water partition coefficient (Wildman–Crippen LogP) is 2.80. The van der Waals surface area contributed by atoms with Crippen LogP contribution in [0.2, 0.25) is 0 Å². The zero-order valence-electron chi connectivity index (χ0n) is 10.6. The van der Waals surface area contributed by atoms with Crippen molar-refractivity contribution in [3.63, 3.8) is 0 Å². The van der Waals surface area contributed by atoms with Gasteiger partial charge in [0.25, 0.3) is 0 Å². The molecule has 1 aliphatic rings. The van der Waals surface area contributed by atoms with Crippen LogP contribution in [-0.4, -0.2) is 21.9 Å². The highest BCUT2D eigenvalue weighted by Crippen LogP contribution is 2.26. The van der Waals surface area contributed by atoms with Gasteiger partial charge >= 0.3 is 0 Å². The van der Waals surface area contributed by atoms with Crippen molar-refractivity contribution >= 4 is 5.91 Å². The van der Waals surface area contributed by atoms with E-state index in [1.165, 1.54) is 0 Å². The van der Waals surface area contributed by atoms with Crippen molar-refractivity contribution in [2.75, 3.05) is 6.54 Å². The molecular formula is C14H20N2O. The van der Waals surface area contributed by atoms with E-state index in [9.17, 15) is 4.79 Å². The largest absolute Gasteiger partial charge is 0.337 e. The lowest BCUT2D eigenvalue weighted by Crippen LogP contribution is -2.32. The fourth-order valence-corrected chi connectivity index (χ4v) is 2.64. The summed E-state index contributed by atoms with van der Waals surface area (Å²) in [4.78, 5) is 14.2. The molecule has 1 aliphatic heterocycles. The van der Waals surface area contributed by atoms with Gasteiger partial charge < -0.3 is 9.47 Å². The van der Waals surface area contributed by atoms with Gasteiger partial charge in [-0.05, 0) is 51.4 Å². The molecule has 0 spiro atoms. The van der Waals surface area contributed by atoms with Crippen LogP contribution in [0.15, 0.2) is 24.9 Å². The molecule has 1 atom stereocenters. The zero-order chi connectivity index (χ0) is 12.4. The molecule has 0 radical (unpaired) electrons. The Labute approximate surface area is 103 Å². The minimum Gasteiger partial charge on any atom is -0.337 e. The predicted molar refractivity (Wildman–Crippen MR) is 68.7 cm³/mol. The van der Waals surface area contributed by atoms with E-state index in [1.54, 1.807) is 11.1 Å². The Bertz CT molecular complexity index is 414. The lowest BCUT2D eigenvalue weighted by molar-refractivity contribution is -0.131. The Kier molecular flexibility index (Phi) is 3.36. The van der Waals surface area contributed by atoms with Gasteiger partial charge in [0, 0.05) is 17.9 Å². The maximum atomic E-state index is 12.4. The molecule has 0 aliphatic carbocycles. The number of likely N-dealkylation sites (tertiary alicyclic amines) is 1. The van der Waals surface area contributed by atoms with E-state index in [1.807, 2.05) is 0 Å². The summed E-state index contributed by atoms with van der Waals surface area (Å²) in [6, 6.07) is 4.10. The van der Waals surface area contributed by atoms with Crippen LogP contribution in [0.3, 0.4) is 0 Å². The van der Waals surface area contributed by atoms with E-state index in [0.717, 1.165) is 37.2 Å². The van der Waals surface area contributed by atoms with Gasteiger partial charge in [0.1, 0.15) is 6.04 Å². The molecule has 1 saturated heterocycles. The van der Waals surface area contributed by atoms with Crippen LogP contribution >= 0.6 is 0 Å². The number of carbonyl (C=O) groups is 1. The number of amides is 1. The Morgan fingerprint density at radius 2 is 1.94 bits per heavy atom. The van der Waals surface area contributed by atoms with E-state index in [4.69, 9.17) is 0 Å². The zero-order valence-corrected chi connectivity index (χ0v) is 10.6. The van der Waals surface area contributed by atoms with Crippen LogP contribution < -0.4 is 0 Å². The summed E-state index contributed by atoms with van der Waals surface area (Å²) in [7, 11) is 0. The second-order valence-electron chi connectivity index (χ2n) is 4.71. The molecule has 1 fully saturated rings. The van der Waals surface area contributed by atoms with Gasteiger partial charge in [-0.25, -0.2) is 0 Å². The topological polar surface area (TPSA) is 25.2 Å². The number of nitrogens with zero attached hydrogens (tertiary/aromatic N) is 2. The van der Waals surface area contributed by atoms with Gasteiger partial charge in [-0.15, -0.1) is 0 Å². The Balaban J connectivity index is 2.36. The third-order valence-corrected chi connectivity index (χ3v) is 3.55. The summed E-state index contributed by atoms with van der Waals surface area (Å²) in [5.41, 5.74) is 2.32. The number of hydrogen-bond donors (Lipinski definition) is 0. The first kappa shape index (κ1) is 12.0. The summed E-state index contributed by atoms with van der Waals surface area (Å²) in [6.07, 6.45) is 4.75. The quantitative estimate of drug-likeness (QED) is 0.769. The fraction of sp³-hybridized carbons (Fsp3) is 0.500. The lowest BCUT2D eigenvalue weighted by atomic mass is 10.1. The Hall–Kier alpha value is -1.51. The first-order valence-electron chi connectivity index (χ1n) is 6.22. The smallest absolute Gasteiger partial charge is 0.249 e. The maximum absolute atomic E-state index is 12.4. The monoisotopic (exact) mass is 232 g/mol. The van der Waals surface area contributed by atoms with Crippen molar-refractivity contribution in [1.82, 2.24) is 9.47 Å². The molecule has 2 rings (SSSR count). The van der Waals surface area contributed by atoms with E-state index in [2.05, 4.69) is 37.1 Å². The van der Waals surface area contributed by atoms with E-state index < -0.39 is 0 Å². The van der Waals surface area contributed by atoms with Gasteiger partial charge in [0.2, 0.25) is 5.91 Å². The number of carbonyl (C=O) groups excluding carboxylic acids is 1. The molecule has 1 aromatic heterocycles. The van der Waals surface area contributed by atoms with E-state index in [-0.39, 0.29) is 11.9 Å². The van der Waals surface area contributed by atoms with Gasteiger partial charge in [-0.2, -0.15) is 0 Å². The second-order valence-corrected chi connectivity index (χ2v) is 4.71. The summed E-state index contributed by atoms with van der Waals surface area (Å²) in [6.45, 7) is 8.65. The first-order valence-corrected chi connectivity index (χ1v) is 6.22. The molecular weight excluding hydrogens is 212 g/mol. The van der Waals surface area contributed by atoms with Crippen LogP contribution in [0.1, 0.15) is 36.7 Å². The number of hydrogen-bond acceptors (Lipinski definition) is 1. The third kappa shape index (κ3) is 2.14. The van der Waals surface area contributed by atoms with E-state index >= 15 is 0 Å². The number of aryl methyl sites for hydroxylation is 2. The van der Waals surface area contributed by atoms with Gasteiger partial charge in [0.15, 0.2) is 0 Å². The average Bonchev–Trinajstić information content (AvgIpc) is 2.54. The summed E-state index contributed by atoms with van der Waals surface area (Å²) in [5, 5.41) is 0. The highest BCUT2D eigenvalue weighted by molar-refractivity contribution is 5.81. The van der Waals surface area contributed by atoms with Gasteiger partial charge in [0.05, 0.1) is 0 Å². The second kappa shape index (κ2) is 4.78. The SMILES string of the molecule is C=CN1CCCCC(n2c(C)ccc2C)C1=O. The summed E-state index contributed by atoms with van der Waals surface area (Å²) in [5.74, 6) is 0.180. The van der Waals surface area contributed by atoms with E-state index in [0.29, 0.717) is 0 Å². The average molecular weight is 232 g/mol. The molecule has 17 heavy (non-hydrogen) atoms. The molecule has 3 heteroatoms. The molecule has 2 heterocycles. The molecule has 1 aromatic rings. The van der Waals surface area contributed by atoms with Crippen LogP contribution in [0.25, 0.3) is 0 Å². The van der Waals surface area contributed by atoms with Crippen LogP contribution in [0.4, 0.5) is 0 Å². The van der Waals surface area contributed by atoms with Gasteiger partial charge in [-0.3, -0.25) is 4.79 Å². The molecule has 92 valence electrons. The summed E-state index contributed by atoms with van der Waals surface area (Å²) < 4.78 is 2.16. The normalized spacial score (nSPS) is 21.4. The highest BCUT2D eigenvalue weighted by Gasteiger charge is 2.28. The fourth-order valence-electron chi connectivity index (χ4n) is 2.64. The standard InChI is InChI=1S/C14H20N2O/c1-4-15-10-6-5-7-13(14(15)17)16-11(2)8-9-12(16)3/h4,8-9,13H,1,5-7,10H2,2-3H3. The molecule has 0 aromatic carbocycles. The minimum absolute atomic E-state index is 0.0505.